The van der Waals surface area contributed by atoms with Crippen LogP contribution in [-0.2, 0) is 4.79 Å². The highest BCUT2D eigenvalue weighted by Crippen LogP contribution is 2.39. The number of hydrogen-bond donors (Lipinski definition) is 0. The van der Waals surface area contributed by atoms with Crippen molar-refractivity contribution in [3.05, 3.63) is 64.0 Å². The maximum absolute atomic E-state index is 13.1. The molecule has 1 heterocycles. The Kier molecular flexibility index (Phi) is 6.46. The normalized spacial score (nSPS) is 19.6. The molecule has 1 aliphatic carbocycles. The molecule has 1 saturated carbocycles. The molecule has 2 fully saturated rings. The largest absolute Gasteiger partial charge is 0.290 e. The molecule has 1 saturated heterocycles. The standard InChI is InChI=1S/C22H20ClNOS3/c23-16-10-12-18(13-11-16)27-19-9-5-4-6-15(19)14-20-21(25)24(22(26)28-20)17-7-2-1-3-8-17/h4-6,9-14,17H,1-3,7-8H2/b20-14+. The van der Waals surface area contributed by atoms with Crippen LogP contribution in [0.4, 0.5) is 0 Å². The number of halogens is 1. The minimum Gasteiger partial charge on any atom is -0.290 e. The Labute approximate surface area is 184 Å². The van der Waals surface area contributed by atoms with Gasteiger partial charge in [-0.1, -0.05) is 84.8 Å². The Hall–Kier alpha value is -1.27. The van der Waals surface area contributed by atoms with Crippen LogP contribution in [0.2, 0.25) is 5.02 Å². The fourth-order valence-corrected chi connectivity index (χ4v) is 6.03. The molecule has 2 aliphatic rings. The molecule has 0 spiro atoms. The van der Waals surface area contributed by atoms with E-state index in [1.54, 1.807) is 11.8 Å². The summed E-state index contributed by atoms with van der Waals surface area (Å²) in [6.45, 7) is 0. The molecule has 0 bridgehead atoms. The van der Waals surface area contributed by atoms with Gasteiger partial charge in [-0.3, -0.25) is 9.69 Å². The molecule has 0 unspecified atom stereocenters. The maximum Gasteiger partial charge on any atom is 0.266 e. The molecule has 2 aromatic carbocycles. The fraction of sp³-hybridized carbons (Fsp3) is 0.273. The topological polar surface area (TPSA) is 20.3 Å². The molecule has 4 rings (SSSR count). The fourth-order valence-electron chi connectivity index (χ4n) is 3.60. The zero-order valence-corrected chi connectivity index (χ0v) is 18.5. The van der Waals surface area contributed by atoms with Crippen LogP contribution in [0.3, 0.4) is 0 Å². The summed E-state index contributed by atoms with van der Waals surface area (Å²) in [6.07, 6.45) is 7.73. The lowest BCUT2D eigenvalue weighted by molar-refractivity contribution is -0.124. The molecule has 144 valence electrons. The van der Waals surface area contributed by atoms with E-state index in [1.807, 2.05) is 53.4 Å². The number of thiocarbonyl (C=S) groups is 1. The third-order valence-electron chi connectivity index (χ3n) is 5.01. The van der Waals surface area contributed by atoms with E-state index in [-0.39, 0.29) is 11.9 Å². The summed E-state index contributed by atoms with van der Waals surface area (Å²) in [5, 5.41) is 0.726. The van der Waals surface area contributed by atoms with Gasteiger partial charge in [-0.15, -0.1) is 0 Å². The van der Waals surface area contributed by atoms with Crippen molar-refractivity contribution in [2.24, 2.45) is 0 Å². The van der Waals surface area contributed by atoms with E-state index in [0.717, 1.165) is 38.1 Å². The SMILES string of the molecule is O=C1/C(=C\c2ccccc2Sc2ccc(Cl)cc2)SC(=S)N1C1CCCCC1. The Morgan fingerprint density at radius 2 is 1.79 bits per heavy atom. The monoisotopic (exact) mass is 445 g/mol. The van der Waals surface area contributed by atoms with Gasteiger partial charge in [0.1, 0.15) is 4.32 Å². The molecule has 28 heavy (non-hydrogen) atoms. The number of benzene rings is 2. The van der Waals surface area contributed by atoms with Gasteiger partial charge in [0, 0.05) is 20.9 Å². The van der Waals surface area contributed by atoms with Gasteiger partial charge in [-0.25, -0.2) is 0 Å². The van der Waals surface area contributed by atoms with Gasteiger partial charge in [-0.2, -0.15) is 0 Å². The highest BCUT2D eigenvalue weighted by molar-refractivity contribution is 8.26. The number of rotatable bonds is 4. The molecule has 0 radical (unpaired) electrons. The van der Waals surface area contributed by atoms with E-state index >= 15 is 0 Å². The van der Waals surface area contributed by atoms with Gasteiger partial charge in [0.25, 0.3) is 5.91 Å². The zero-order valence-electron chi connectivity index (χ0n) is 15.3. The van der Waals surface area contributed by atoms with Gasteiger partial charge in [-0.05, 0) is 54.8 Å². The molecule has 1 amide bonds. The van der Waals surface area contributed by atoms with Crippen LogP contribution in [0.5, 0.6) is 0 Å². The molecule has 0 N–H and O–H groups in total. The molecular formula is C22H20ClNOS3. The average molecular weight is 446 g/mol. The van der Waals surface area contributed by atoms with Crippen LogP contribution >= 0.6 is 47.3 Å². The van der Waals surface area contributed by atoms with Gasteiger partial charge in [0.05, 0.1) is 4.91 Å². The first kappa shape index (κ1) is 20.0. The summed E-state index contributed by atoms with van der Waals surface area (Å²) in [6, 6.07) is 16.2. The van der Waals surface area contributed by atoms with E-state index in [4.69, 9.17) is 23.8 Å². The number of thioether (sulfide) groups is 1. The average Bonchev–Trinajstić information content (AvgIpc) is 2.99. The van der Waals surface area contributed by atoms with Crippen molar-refractivity contribution in [1.29, 1.82) is 0 Å². The second-order valence-electron chi connectivity index (χ2n) is 6.94. The lowest BCUT2D eigenvalue weighted by atomic mass is 9.94. The van der Waals surface area contributed by atoms with Gasteiger partial charge in [0.2, 0.25) is 0 Å². The van der Waals surface area contributed by atoms with Crippen LogP contribution in [0.1, 0.15) is 37.7 Å². The summed E-state index contributed by atoms with van der Waals surface area (Å²) in [5.74, 6) is 0.0631. The predicted molar refractivity (Wildman–Crippen MR) is 124 cm³/mol. The first-order valence-electron chi connectivity index (χ1n) is 9.41. The first-order valence-corrected chi connectivity index (χ1v) is 11.8. The zero-order chi connectivity index (χ0) is 19.5. The second kappa shape index (κ2) is 9.04. The first-order chi connectivity index (χ1) is 13.6. The number of hydrogen-bond acceptors (Lipinski definition) is 4. The Morgan fingerprint density at radius 1 is 1.07 bits per heavy atom. The van der Waals surface area contributed by atoms with Crippen molar-refractivity contribution in [2.45, 2.75) is 47.9 Å². The minimum atomic E-state index is 0.0631. The highest BCUT2D eigenvalue weighted by atomic mass is 35.5. The molecule has 6 heteroatoms. The van der Waals surface area contributed by atoms with Crippen LogP contribution in [0, 0.1) is 0 Å². The summed E-state index contributed by atoms with van der Waals surface area (Å²) in [5.41, 5.74) is 1.03. The highest BCUT2D eigenvalue weighted by Gasteiger charge is 2.37. The summed E-state index contributed by atoms with van der Waals surface area (Å²) >= 11 is 14.6. The van der Waals surface area contributed by atoms with Gasteiger partial charge in [0.15, 0.2) is 0 Å². The van der Waals surface area contributed by atoms with Crippen LogP contribution < -0.4 is 0 Å². The Bertz CT molecular complexity index is 920. The number of nitrogens with zero attached hydrogens (tertiary/aromatic N) is 1. The van der Waals surface area contributed by atoms with Crippen LogP contribution in [0.25, 0.3) is 6.08 Å². The third kappa shape index (κ3) is 4.48. The van der Waals surface area contributed by atoms with Gasteiger partial charge >= 0.3 is 0 Å². The van der Waals surface area contributed by atoms with Crippen molar-refractivity contribution >= 4 is 63.6 Å². The molecule has 0 atom stereocenters. The van der Waals surface area contributed by atoms with Crippen molar-refractivity contribution in [3.8, 4) is 0 Å². The molecule has 2 aromatic rings. The summed E-state index contributed by atoms with van der Waals surface area (Å²) in [7, 11) is 0. The summed E-state index contributed by atoms with van der Waals surface area (Å²) < 4.78 is 0.700. The number of carbonyl (C=O) groups is 1. The Morgan fingerprint density at radius 3 is 2.54 bits per heavy atom. The van der Waals surface area contributed by atoms with E-state index in [2.05, 4.69) is 6.07 Å². The van der Waals surface area contributed by atoms with Crippen LogP contribution in [-0.4, -0.2) is 21.2 Å². The number of carbonyl (C=O) groups excluding carboxylic acids is 1. The third-order valence-corrected chi connectivity index (χ3v) is 7.69. The lowest BCUT2D eigenvalue weighted by Gasteiger charge is -2.29. The van der Waals surface area contributed by atoms with E-state index in [0.29, 0.717) is 4.32 Å². The predicted octanol–water partition coefficient (Wildman–Crippen LogP) is 7.03. The van der Waals surface area contributed by atoms with Crippen molar-refractivity contribution < 1.29 is 4.79 Å². The lowest BCUT2D eigenvalue weighted by Crippen LogP contribution is -2.39. The van der Waals surface area contributed by atoms with E-state index < -0.39 is 0 Å². The van der Waals surface area contributed by atoms with E-state index in [1.165, 1.54) is 31.0 Å². The smallest absolute Gasteiger partial charge is 0.266 e. The molecule has 0 aromatic heterocycles. The second-order valence-corrected chi connectivity index (χ2v) is 10.2. The van der Waals surface area contributed by atoms with Gasteiger partial charge < -0.3 is 0 Å². The van der Waals surface area contributed by atoms with Crippen molar-refractivity contribution in [3.63, 3.8) is 0 Å². The molecule has 2 nitrogen and oxygen atoms in total. The van der Waals surface area contributed by atoms with Crippen molar-refractivity contribution in [2.75, 3.05) is 0 Å². The minimum absolute atomic E-state index is 0.0631. The Balaban J connectivity index is 1.58. The van der Waals surface area contributed by atoms with Crippen molar-refractivity contribution in [1.82, 2.24) is 4.90 Å². The molecular weight excluding hydrogens is 426 g/mol. The summed E-state index contributed by atoms with van der Waals surface area (Å²) in [4.78, 5) is 17.9. The van der Waals surface area contributed by atoms with Crippen LogP contribution in [0.15, 0.2) is 63.2 Å². The molecule has 1 aliphatic heterocycles. The quantitative estimate of drug-likeness (QED) is 0.371. The van der Waals surface area contributed by atoms with E-state index in [9.17, 15) is 4.79 Å². The number of amides is 1. The maximum atomic E-state index is 13.1.